The molecule has 0 bridgehead atoms. The maximum Gasteiger partial charge on any atom is 0.302 e. The molecule has 0 unspecified atom stereocenters. The Hall–Kier alpha value is -3.00. The van der Waals surface area contributed by atoms with E-state index in [1.165, 1.54) is 13.8 Å². The van der Waals surface area contributed by atoms with E-state index in [1.807, 2.05) is 28.9 Å². The molecule has 0 atom stereocenters. The summed E-state index contributed by atoms with van der Waals surface area (Å²) in [5.41, 5.74) is 10.0. The van der Waals surface area contributed by atoms with Crippen LogP contribution in [0.15, 0.2) is 46.2 Å². The molecule has 3 aromatic rings. The number of anilines is 1. The predicted molar refractivity (Wildman–Crippen MR) is 113 cm³/mol. The number of ether oxygens (including phenoxy) is 1. The van der Waals surface area contributed by atoms with Gasteiger partial charge >= 0.3 is 5.97 Å². The number of rotatable bonds is 6. The Labute approximate surface area is 172 Å². The van der Waals surface area contributed by atoms with Crippen molar-refractivity contribution in [1.29, 1.82) is 0 Å². The maximum absolute atomic E-state index is 12.0. The highest BCUT2D eigenvalue weighted by Crippen LogP contribution is 2.49. The summed E-state index contributed by atoms with van der Waals surface area (Å²) in [6.45, 7) is 4.42. The van der Waals surface area contributed by atoms with Crippen molar-refractivity contribution in [3.8, 4) is 11.3 Å². The Morgan fingerprint density at radius 1 is 1.17 bits per heavy atom. The number of fused-ring (bicyclic) bond motifs is 2. The summed E-state index contributed by atoms with van der Waals surface area (Å²) in [5.74, 6) is -0.417. The fourth-order valence-electron chi connectivity index (χ4n) is 3.53. The van der Waals surface area contributed by atoms with Crippen LogP contribution in [0.25, 0.3) is 22.2 Å². The number of aromatic nitrogens is 2. The Morgan fingerprint density at radius 3 is 2.72 bits per heavy atom. The molecule has 0 saturated carbocycles. The summed E-state index contributed by atoms with van der Waals surface area (Å²) in [7, 11) is 0. The number of carbonyl (C=O) groups excluding carboxylic acids is 2. The summed E-state index contributed by atoms with van der Waals surface area (Å²) < 4.78 is 6.90. The molecule has 0 saturated heterocycles. The third-order valence-corrected chi connectivity index (χ3v) is 6.17. The fraction of sp³-hybridized carbons (Fsp3) is 0.286. The zero-order valence-electron chi connectivity index (χ0n) is 16.3. The average Bonchev–Trinajstić information content (AvgIpc) is 3.06. The monoisotopic (exact) mass is 410 g/mol. The number of hydrogen-bond donors (Lipinski definition) is 1. The van der Waals surface area contributed by atoms with E-state index in [1.54, 1.807) is 16.7 Å². The third kappa shape index (κ3) is 3.67. The van der Waals surface area contributed by atoms with Gasteiger partial charge in [0.25, 0.3) is 0 Å². The first-order chi connectivity index (χ1) is 14.0. The number of amides is 1. The molecule has 0 spiro atoms. The second kappa shape index (κ2) is 7.79. The van der Waals surface area contributed by atoms with E-state index in [2.05, 4.69) is 12.1 Å². The van der Waals surface area contributed by atoms with Crippen molar-refractivity contribution in [2.45, 2.75) is 30.2 Å². The number of esters is 1. The predicted octanol–water partition coefficient (Wildman–Crippen LogP) is 3.16. The van der Waals surface area contributed by atoms with Gasteiger partial charge in [-0.3, -0.25) is 14.3 Å². The summed E-state index contributed by atoms with van der Waals surface area (Å²) in [5, 5.41) is 5.92. The van der Waals surface area contributed by atoms with Gasteiger partial charge in [-0.1, -0.05) is 30.0 Å². The number of carbonyl (C=O) groups is 2. The largest absolute Gasteiger partial charge is 0.464 e. The van der Waals surface area contributed by atoms with E-state index in [4.69, 9.17) is 15.6 Å². The first-order valence-corrected chi connectivity index (χ1v) is 10.2. The standard InChI is InChI=1S/C21H22N4O3S/c1-13(26)24(11-12-28-14(2)27)9-10-25-17-8-7-16(22)21-19(17)20(23-25)15-5-3-4-6-18(15)29-21/h3-8H,9-12,22H2,1-2H3. The van der Waals surface area contributed by atoms with Crippen LogP contribution in [0.3, 0.4) is 0 Å². The second-order valence-electron chi connectivity index (χ2n) is 6.89. The van der Waals surface area contributed by atoms with Gasteiger partial charge in [-0.2, -0.15) is 5.10 Å². The van der Waals surface area contributed by atoms with Crippen LogP contribution in [0.2, 0.25) is 0 Å². The normalized spacial score (nSPS) is 11.9. The number of nitrogen functional groups attached to an aromatic ring is 1. The molecular weight excluding hydrogens is 388 g/mol. The van der Waals surface area contributed by atoms with E-state index < -0.39 is 0 Å². The van der Waals surface area contributed by atoms with Crippen LogP contribution in [-0.2, 0) is 20.9 Å². The number of benzene rings is 2. The lowest BCUT2D eigenvalue weighted by molar-refractivity contribution is -0.143. The van der Waals surface area contributed by atoms with Gasteiger partial charge in [0.1, 0.15) is 12.3 Å². The average molecular weight is 410 g/mol. The lowest BCUT2D eigenvalue weighted by atomic mass is 10.1. The lowest BCUT2D eigenvalue weighted by Gasteiger charge is -2.21. The van der Waals surface area contributed by atoms with E-state index >= 15 is 0 Å². The van der Waals surface area contributed by atoms with Crippen LogP contribution in [0, 0.1) is 0 Å². The number of hydrogen-bond acceptors (Lipinski definition) is 6. The Balaban J connectivity index is 1.64. The molecule has 7 nitrogen and oxygen atoms in total. The minimum Gasteiger partial charge on any atom is -0.464 e. The molecule has 2 heterocycles. The molecule has 0 fully saturated rings. The van der Waals surface area contributed by atoms with Gasteiger partial charge in [0.05, 0.1) is 18.6 Å². The highest BCUT2D eigenvalue weighted by atomic mass is 32.2. The molecule has 0 aliphatic carbocycles. The number of nitrogens with two attached hydrogens (primary N) is 1. The molecule has 1 aliphatic rings. The third-order valence-electron chi connectivity index (χ3n) is 4.95. The highest BCUT2D eigenvalue weighted by molar-refractivity contribution is 8.00. The van der Waals surface area contributed by atoms with Crippen molar-refractivity contribution in [1.82, 2.24) is 14.7 Å². The Bertz CT molecular complexity index is 1110. The molecule has 2 aromatic carbocycles. The van der Waals surface area contributed by atoms with Gasteiger partial charge in [0.2, 0.25) is 5.91 Å². The van der Waals surface area contributed by atoms with Gasteiger partial charge in [-0.15, -0.1) is 0 Å². The molecule has 2 N–H and O–H groups in total. The first-order valence-electron chi connectivity index (χ1n) is 9.41. The maximum atomic E-state index is 12.0. The summed E-state index contributed by atoms with van der Waals surface area (Å²) in [6.07, 6.45) is 0. The molecule has 0 radical (unpaired) electrons. The van der Waals surface area contributed by atoms with E-state index in [0.717, 1.165) is 37.6 Å². The van der Waals surface area contributed by atoms with Crippen molar-refractivity contribution in [2.24, 2.45) is 0 Å². The molecule has 4 rings (SSSR count). The zero-order chi connectivity index (χ0) is 20.5. The fourth-order valence-corrected chi connectivity index (χ4v) is 4.66. The van der Waals surface area contributed by atoms with E-state index in [0.29, 0.717) is 19.6 Å². The van der Waals surface area contributed by atoms with Gasteiger partial charge in [-0.25, -0.2) is 0 Å². The Morgan fingerprint density at radius 2 is 1.97 bits per heavy atom. The van der Waals surface area contributed by atoms with Crippen LogP contribution in [0.4, 0.5) is 5.69 Å². The topological polar surface area (TPSA) is 90.4 Å². The van der Waals surface area contributed by atoms with E-state index in [9.17, 15) is 9.59 Å². The molecule has 1 amide bonds. The molecule has 1 aromatic heterocycles. The van der Waals surface area contributed by atoms with Crippen molar-refractivity contribution in [3.63, 3.8) is 0 Å². The van der Waals surface area contributed by atoms with Crippen molar-refractivity contribution in [2.75, 3.05) is 25.4 Å². The van der Waals surface area contributed by atoms with Crippen molar-refractivity contribution in [3.05, 3.63) is 36.4 Å². The van der Waals surface area contributed by atoms with Gasteiger partial charge in [-0.05, 0) is 18.2 Å². The smallest absolute Gasteiger partial charge is 0.302 e. The van der Waals surface area contributed by atoms with Crippen LogP contribution in [0.5, 0.6) is 0 Å². The van der Waals surface area contributed by atoms with E-state index in [-0.39, 0.29) is 18.5 Å². The summed E-state index contributed by atoms with van der Waals surface area (Å²) >= 11 is 1.67. The van der Waals surface area contributed by atoms with Crippen LogP contribution in [0.1, 0.15) is 13.8 Å². The minimum absolute atomic E-state index is 0.0658. The lowest BCUT2D eigenvalue weighted by Crippen LogP contribution is -2.35. The van der Waals surface area contributed by atoms with Crippen molar-refractivity contribution < 1.29 is 14.3 Å². The van der Waals surface area contributed by atoms with Gasteiger partial charge < -0.3 is 15.4 Å². The van der Waals surface area contributed by atoms with Crippen molar-refractivity contribution >= 4 is 40.2 Å². The Kier molecular flexibility index (Phi) is 5.19. The SMILES string of the molecule is CC(=O)OCCN(CCn1nc2c3c(c(N)ccc31)Sc1ccccc1-2)C(C)=O. The molecule has 150 valence electrons. The molecule has 29 heavy (non-hydrogen) atoms. The number of nitrogens with zero attached hydrogens (tertiary/aromatic N) is 3. The molecular formula is C21H22N4O3S. The zero-order valence-corrected chi connectivity index (χ0v) is 17.2. The second-order valence-corrected chi connectivity index (χ2v) is 7.95. The summed E-state index contributed by atoms with van der Waals surface area (Å²) in [6, 6.07) is 12.1. The van der Waals surface area contributed by atoms with Crippen LogP contribution in [-0.4, -0.2) is 46.3 Å². The first kappa shape index (κ1) is 19.3. The summed E-state index contributed by atoms with van der Waals surface area (Å²) in [4.78, 5) is 26.8. The van der Waals surface area contributed by atoms with Crippen LogP contribution < -0.4 is 5.73 Å². The molecule has 1 aliphatic heterocycles. The minimum atomic E-state index is -0.351. The molecule has 8 heteroatoms. The highest BCUT2D eigenvalue weighted by Gasteiger charge is 2.25. The van der Waals surface area contributed by atoms with Gasteiger partial charge in [0.15, 0.2) is 0 Å². The van der Waals surface area contributed by atoms with Gasteiger partial charge in [0, 0.05) is 46.8 Å². The van der Waals surface area contributed by atoms with Crippen LogP contribution >= 0.6 is 11.8 Å². The quantitative estimate of drug-likeness (QED) is 0.388.